The first-order chi connectivity index (χ1) is 16.5. The second-order valence-corrected chi connectivity index (χ2v) is 11.6. The molecule has 35 heavy (non-hydrogen) atoms. The van der Waals surface area contributed by atoms with Crippen LogP contribution in [0.3, 0.4) is 0 Å². The van der Waals surface area contributed by atoms with Gasteiger partial charge in [-0.2, -0.15) is 0 Å². The van der Waals surface area contributed by atoms with E-state index in [2.05, 4.69) is 16.3 Å². The number of pyridine rings is 1. The predicted molar refractivity (Wildman–Crippen MR) is 141 cm³/mol. The zero-order valence-electron chi connectivity index (χ0n) is 21.0. The maximum atomic E-state index is 12.4. The lowest BCUT2D eigenvalue weighted by atomic mass is 9.74. The van der Waals surface area contributed by atoms with Crippen LogP contribution < -0.4 is 10.2 Å². The number of rotatable bonds is 4. The molecule has 2 heterocycles. The molecule has 0 radical (unpaired) electrons. The van der Waals surface area contributed by atoms with E-state index in [1.165, 1.54) is 0 Å². The van der Waals surface area contributed by atoms with Crippen molar-refractivity contribution >= 4 is 35.0 Å². The van der Waals surface area contributed by atoms with Crippen molar-refractivity contribution in [3.05, 3.63) is 45.6 Å². The number of hydrogen-bond acceptors (Lipinski definition) is 5. The van der Waals surface area contributed by atoms with Crippen LogP contribution in [0.2, 0.25) is 10.0 Å². The second-order valence-electron chi connectivity index (χ2n) is 10.8. The molecule has 2 fully saturated rings. The van der Waals surface area contributed by atoms with Crippen LogP contribution in [0.1, 0.15) is 64.1 Å². The standard InChI is InChI=1S/C27H35Cl2N3O3/c1-17-15-21(20(16-33)30-24(17)18-7-5-8-19(28)23(18)29)32-13-11-27(12-14-32)10-6-9-22(27)31-25(34)35-26(2,3)4/h5,7-8,15,22,33H,6,9-14,16H2,1-4H3,(H,31,34)/t22-/m1/s1. The van der Waals surface area contributed by atoms with E-state index in [1.54, 1.807) is 6.07 Å². The third-order valence-electron chi connectivity index (χ3n) is 7.32. The quantitative estimate of drug-likeness (QED) is 0.480. The summed E-state index contributed by atoms with van der Waals surface area (Å²) in [5, 5.41) is 14.3. The molecule has 2 N–H and O–H groups in total. The van der Waals surface area contributed by atoms with E-state index in [4.69, 9.17) is 32.9 Å². The number of aliphatic hydroxyl groups is 1. The molecule has 1 aliphatic heterocycles. The summed E-state index contributed by atoms with van der Waals surface area (Å²) in [6.07, 6.45) is 4.81. The van der Waals surface area contributed by atoms with E-state index in [0.29, 0.717) is 15.7 Å². The third kappa shape index (κ3) is 5.55. The number of ether oxygens (including phenoxy) is 1. The lowest BCUT2D eigenvalue weighted by Crippen LogP contribution is -2.51. The van der Waals surface area contributed by atoms with Crippen molar-refractivity contribution in [1.29, 1.82) is 0 Å². The Kier molecular flexibility index (Phi) is 7.56. The Morgan fingerprint density at radius 1 is 1.26 bits per heavy atom. The molecule has 8 heteroatoms. The number of aromatic nitrogens is 1. The summed E-state index contributed by atoms with van der Waals surface area (Å²) in [4.78, 5) is 19.6. The molecule has 1 spiro atoms. The van der Waals surface area contributed by atoms with Gasteiger partial charge >= 0.3 is 6.09 Å². The summed E-state index contributed by atoms with van der Waals surface area (Å²) in [6.45, 7) is 9.19. The number of benzene rings is 1. The van der Waals surface area contributed by atoms with Gasteiger partial charge in [0.2, 0.25) is 0 Å². The molecule has 6 nitrogen and oxygen atoms in total. The minimum atomic E-state index is -0.508. The molecule has 4 rings (SSSR count). The molecule has 1 amide bonds. The van der Waals surface area contributed by atoms with Gasteiger partial charge in [-0.1, -0.05) is 41.8 Å². The van der Waals surface area contributed by atoms with Crippen LogP contribution >= 0.6 is 23.2 Å². The van der Waals surface area contributed by atoms with E-state index in [-0.39, 0.29) is 24.2 Å². The summed E-state index contributed by atoms with van der Waals surface area (Å²) in [5.41, 5.74) is 3.64. The van der Waals surface area contributed by atoms with Crippen molar-refractivity contribution in [2.45, 2.75) is 78.0 Å². The number of halogens is 2. The van der Waals surface area contributed by atoms with Gasteiger partial charge in [-0.3, -0.25) is 0 Å². The highest BCUT2D eigenvalue weighted by atomic mass is 35.5. The summed E-state index contributed by atoms with van der Waals surface area (Å²) in [7, 11) is 0. The molecule has 1 saturated carbocycles. The van der Waals surface area contributed by atoms with Gasteiger partial charge in [0.25, 0.3) is 0 Å². The Morgan fingerprint density at radius 2 is 1.97 bits per heavy atom. The lowest BCUT2D eigenvalue weighted by Gasteiger charge is -2.44. The first-order valence-electron chi connectivity index (χ1n) is 12.3. The summed E-state index contributed by atoms with van der Waals surface area (Å²) in [6, 6.07) is 7.72. The highest BCUT2D eigenvalue weighted by Crippen LogP contribution is 2.47. The fraction of sp³-hybridized carbons (Fsp3) is 0.556. The van der Waals surface area contributed by atoms with E-state index in [9.17, 15) is 9.90 Å². The van der Waals surface area contributed by atoms with Gasteiger partial charge in [0, 0.05) is 24.7 Å². The molecule has 0 unspecified atom stereocenters. The molecular formula is C27H35Cl2N3O3. The average molecular weight is 521 g/mol. The minimum Gasteiger partial charge on any atom is -0.444 e. The zero-order chi connectivity index (χ0) is 25.4. The Balaban J connectivity index is 1.51. The molecule has 1 aromatic carbocycles. The average Bonchev–Trinajstić information content (AvgIpc) is 3.16. The number of nitrogens with one attached hydrogen (secondary N) is 1. The zero-order valence-corrected chi connectivity index (χ0v) is 22.5. The number of hydrogen-bond donors (Lipinski definition) is 2. The number of carbonyl (C=O) groups excluding carboxylic acids is 1. The maximum Gasteiger partial charge on any atom is 0.407 e. The monoisotopic (exact) mass is 519 g/mol. The van der Waals surface area contributed by atoms with E-state index in [1.807, 2.05) is 39.8 Å². The van der Waals surface area contributed by atoms with Gasteiger partial charge in [-0.05, 0) is 76.5 Å². The SMILES string of the molecule is Cc1cc(N2CCC3(CCC[C@H]3NC(=O)OC(C)(C)C)CC2)c(CO)nc1-c1cccc(Cl)c1Cl. The number of nitrogens with zero attached hydrogens (tertiary/aromatic N) is 2. The first-order valence-corrected chi connectivity index (χ1v) is 13.1. The fourth-order valence-corrected chi connectivity index (χ4v) is 5.98. The number of aryl methyl sites for hydroxylation is 1. The Labute approximate surface area is 218 Å². The van der Waals surface area contributed by atoms with Crippen LogP contribution in [0.4, 0.5) is 10.5 Å². The van der Waals surface area contributed by atoms with Crippen molar-refractivity contribution in [1.82, 2.24) is 10.3 Å². The van der Waals surface area contributed by atoms with Crippen LogP contribution in [0.15, 0.2) is 24.3 Å². The van der Waals surface area contributed by atoms with Crippen LogP contribution in [-0.2, 0) is 11.3 Å². The van der Waals surface area contributed by atoms with Gasteiger partial charge < -0.3 is 20.1 Å². The largest absolute Gasteiger partial charge is 0.444 e. The van der Waals surface area contributed by atoms with Crippen molar-refractivity contribution in [3.63, 3.8) is 0 Å². The van der Waals surface area contributed by atoms with Crippen molar-refractivity contribution < 1.29 is 14.6 Å². The van der Waals surface area contributed by atoms with E-state index < -0.39 is 5.60 Å². The number of amides is 1. The van der Waals surface area contributed by atoms with E-state index in [0.717, 1.165) is 67.7 Å². The van der Waals surface area contributed by atoms with Gasteiger partial charge in [-0.25, -0.2) is 9.78 Å². The number of carbonyl (C=O) groups is 1. The molecule has 190 valence electrons. The summed E-state index contributed by atoms with van der Waals surface area (Å²) in [5.74, 6) is 0. The molecule has 1 atom stereocenters. The predicted octanol–water partition coefficient (Wildman–Crippen LogP) is 6.52. The molecule has 0 bridgehead atoms. The summed E-state index contributed by atoms with van der Waals surface area (Å²) >= 11 is 12.7. The normalized spacial score (nSPS) is 19.7. The van der Waals surface area contributed by atoms with Gasteiger partial charge in [0.05, 0.1) is 33.7 Å². The van der Waals surface area contributed by atoms with Crippen molar-refractivity contribution in [2.24, 2.45) is 5.41 Å². The van der Waals surface area contributed by atoms with Crippen LogP contribution in [0.5, 0.6) is 0 Å². The van der Waals surface area contributed by atoms with Crippen molar-refractivity contribution in [3.8, 4) is 11.3 Å². The highest BCUT2D eigenvalue weighted by Gasteiger charge is 2.46. The summed E-state index contributed by atoms with van der Waals surface area (Å²) < 4.78 is 5.52. The van der Waals surface area contributed by atoms with Crippen LogP contribution in [-0.4, -0.2) is 40.9 Å². The van der Waals surface area contributed by atoms with Crippen molar-refractivity contribution in [2.75, 3.05) is 18.0 Å². The Morgan fingerprint density at radius 3 is 2.63 bits per heavy atom. The fourth-order valence-electron chi connectivity index (χ4n) is 5.59. The maximum absolute atomic E-state index is 12.4. The molecule has 2 aliphatic rings. The minimum absolute atomic E-state index is 0.0868. The number of piperidine rings is 1. The van der Waals surface area contributed by atoms with Gasteiger partial charge in [0.1, 0.15) is 5.60 Å². The molecular weight excluding hydrogens is 485 g/mol. The highest BCUT2D eigenvalue weighted by molar-refractivity contribution is 6.43. The van der Waals surface area contributed by atoms with Crippen LogP contribution in [0.25, 0.3) is 11.3 Å². The molecule has 2 aromatic rings. The lowest BCUT2D eigenvalue weighted by molar-refractivity contribution is 0.0442. The van der Waals surface area contributed by atoms with Crippen LogP contribution in [0, 0.1) is 12.3 Å². The third-order valence-corrected chi connectivity index (χ3v) is 8.14. The molecule has 1 saturated heterocycles. The van der Waals surface area contributed by atoms with Gasteiger partial charge in [-0.15, -0.1) is 0 Å². The number of anilines is 1. The first kappa shape index (κ1) is 26.1. The molecule has 1 aliphatic carbocycles. The van der Waals surface area contributed by atoms with Gasteiger partial charge in [0.15, 0.2) is 0 Å². The number of aliphatic hydroxyl groups excluding tert-OH is 1. The second kappa shape index (κ2) is 10.2. The topological polar surface area (TPSA) is 74.7 Å². The Hall–Kier alpha value is -2.02. The Bertz CT molecular complexity index is 1090. The number of alkyl carbamates (subject to hydrolysis) is 1. The smallest absolute Gasteiger partial charge is 0.407 e. The van der Waals surface area contributed by atoms with E-state index >= 15 is 0 Å². The molecule has 1 aromatic heterocycles.